The first-order valence-corrected chi connectivity index (χ1v) is 9.56. The molecular formula is C22H24N2O7. The molecule has 2 aromatic rings. The lowest BCUT2D eigenvalue weighted by molar-refractivity contribution is -0.121. The Morgan fingerprint density at radius 3 is 2.32 bits per heavy atom. The third kappa shape index (κ3) is 4.71. The summed E-state index contributed by atoms with van der Waals surface area (Å²) in [5, 5.41) is 2.77. The highest BCUT2D eigenvalue weighted by molar-refractivity contribution is 6.02. The van der Waals surface area contributed by atoms with Gasteiger partial charge in [0.2, 0.25) is 11.7 Å². The van der Waals surface area contributed by atoms with Crippen LogP contribution >= 0.6 is 0 Å². The smallest absolute Gasteiger partial charge is 0.265 e. The van der Waals surface area contributed by atoms with Crippen LogP contribution in [0.2, 0.25) is 0 Å². The molecule has 0 unspecified atom stereocenters. The second-order valence-corrected chi connectivity index (χ2v) is 6.78. The highest BCUT2D eigenvalue weighted by Gasteiger charge is 2.26. The highest BCUT2D eigenvalue weighted by Crippen LogP contribution is 2.40. The zero-order chi connectivity index (χ0) is 22.5. The number of Topliss-reactive ketones (excluding diaryl/α,β-unsaturated/α-hetero) is 1. The first-order valence-electron chi connectivity index (χ1n) is 9.56. The van der Waals surface area contributed by atoms with E-state index in [-0.39, 0.29) is 37.2 Å². The average molecular weight is 428 g/mol. The Hall–Kier alpha value is -3.75. The van der Waals surface area contributed by atoms with E-state index in [9.17, 15) is 14.4 Å². The van der Waals surface area contributed by atoms with E-state index in [1.54, 1.807) is 30.3 Å². The first-order chi connectivity index (χ1) is 14.9. The van der Waals surface area contributed by atoms with Crippen LogP contribution in [-0.2, 0) is 9.59 Å². The first kappa shape index (κ1) is 21.9. The van der Waals surface area contributed by atoms with Crippen LogP contribution < -0.4 is 29.2 Å². The number of nitrogens with one attached hydrogen (secondary N) is 1. The zero-order valence-electron chi connectivity index (χ0n) is 17.8. The van der Waals surface area contributed by atoms with E-state index >= 15 is 0 Å². The van der Waals surface area contributed by atoms with Gasteiger partial charge in [0.1, 0.15) is 5.75 Å². The van der Waals surface area contributed by atoms with Gasteiger partial charge in [0.15, 0.2) is 23.9 Å². The van der Waals surface area contributed by atoms with Crippen LogP contribution in [0.1, 0.15) is 23.7 Å². The van der Waals surface area contributed by atoms with Crippen molar-refractivity contribution in [2.24, 2.45) is 0 Å². The Bertz CT molecular complexity index is 994. The van der Waals surface area contributed by atoms with Crippen LogP contribution in [0.15, 0.2) is 30.3 Å². The lowest BCUT2D eigenvalue weighted by atomic mass is 10.1. The van der Waals surface area contributed by atoms with Crippen LogP contribution in [0.4, 0.5) is 11.4 Å². The van der Waals surface area contributed by atoms with Crippen LogP contribution in [0.3, 0.4) is 0 Å². The Kier molecular flexibility index (Phi) is 6.64. The Labute approximate surface area is 179 Å². The van der Waals surface area contributed by atoms with Crippen molar-refractivity contribution in [2.75, 3.05) is 44.7 Å². The van der Waals surface area contributed by atoms with Gasteiger partial charge in [-0.15, -0.1) is 0 Å². The maximum atomic E-state index is 12.6. The fourth-order valence-electron chi connectivity index (χ4n) is 3.26. The Morgan fingerprint density at radius 2 is 1.74 bits per heavy atom. The van der Waals surface area contributed by atoms with E-state index in [2.05, 4.69) is 5.32 Å². The highest BCUT2D eigenvalue weighted by atomic mass is 16.5. The van der Waals surface area contributed by atoms with Crippen molar-refractivity contribution in [3.8, 4) is 23.0 Å². The molecule has 0 saturated heterocycles. The summed E-state index contributed by atoms with van der Waals surface area (Å²) in [4.78, 5) is 38.1. The molecule has 0 bridgehead atoms. The van der Waals surface area contributed by atoms with E-state index in [4.69, 9.17) is 18.9 Å². The lowest BCUT2D eigenvalue weighted by Gasteiger charge is -2.29. The summed E-state index contributed by atoms with van der Waals surface area (Å²) in [7, 11) is 4.46. The monoisotopic (exact) mass is 428 g/mol. The summed E-state index contributed by atoms with van der Waals surface area (Å²) in [5.74, 6) is 1.01. The maximum absolute atomic E-state index is 12.6. The molecule has 3 rings (SSSR count). The largest absolute Gasteiger partial charge is 0.493 e. The molecule has 0 aliphatic carbocycles. The van der Waals surface area contributed by atoms with Crippen molar-refractivity contribution in [3.63, 3.8) is 0 Å². The fourth-order valence-corrected chi connectivity index (χ4v) is 3.26. The molecule has 2 aromatic carbocycles. The van der Waals surface area contributed by atoms with E-state index in [0.29, 0.717) is 39.9 Å². The summed E-state index contributed by atoms with van der Waals surface area (Å²) in [6.45, 7) is 1.45. The van der Waals surface area contributed by atoms with E-state index in [1.165, 1.54) is 33.2 Å². The summed E-state index contributed by atoms with van der Waals surface area (Å²) in [6.07, 6.45) is 0.0339. The van der Waals surface area contributed by atoms with Crippen LogP contribution in [0.25, 0.3) is 0 Å². The predicted octanol–water partition coefficient (Wildman–Crippen LogP) is 2.67. The minimum atomic E-state index is -0.308. The second-order valence-electron chi connectivity index (χ2n) is 6.78. The van der Waals surface area contributed by atoms with Crippen molar-refractivity contribution in [1.29, 1.82) is 0 Å². The third-order valence-corrected chi connectivity index (χ3v) is 4.82. The van der Waals surface area contributed by atoms with Gasteiger partial charge in [-0.3, -0.25) is 14.4 Å². The Balaban J connectivity index is 1.74. The number of hydrogen-bond acceptors (Lipinski definition) is 7. The molecule has 1 aliphatic heterocycles. The molecule has 0 saturated carbocycles. The van der Waals surface area contributed by atoms with E-state index < -0.39 is 0 Å². The van der Waals surface area contributed by atoms with Gasteiger partial charge in [-0.1, -0.05) is 0 Å². The number of amides is 2. The topological polar surface area (TPSA) is 103 Å². The van der Waals surface area contributed by atoms with Crippen molar-refractivity contribution in [2.45, 2.75) is 13.3 Å². The molecule has 0 aromatic heterocycles. The van der Waals surface area contributed by atoms with Gasteiger partial charge in [0.25, 0.3) is 5.91 Å². The van der Waals surface area contributed by atoms with Crippen LogP contribution in [0.5, 0.6) is 23.0 Å². The number of rotatable bonds is 8. The lowest BCUT2D eigenvalue weighted by Crippen LogP contribution is -2.40. The maximum Gasteiger partial charge on any atom is 0.265 e. The molecule has 1 heterocycles. The summed E-state index contributed by atoms with van der Waals surface area (Å²) in [6, 6.07) is 8.14. The number of benzene rings is 2. The van der Waals surface area contributed by atoms with Gasteiger partial charge < -0.3 is 29.2 Å². The zero-order valence-corrected chi connectivity index (χ0v) is 17.8. The third-order valence-electron chi connectivity index (χ3n) is 4.82. The molecule has 164 valence electrons. The van der Waals surface area contributed by atoms with Crippen molar-refractivity contribution in [3.05, 3.63) is 35.9 Å². The van der Waals surface area contributed by atoms with Gasteiger partial charge in [-0.25, -0.2) is 0 Å². The van der Waals surface area contributed by atoms with Gasteiger partial charge >= 0.3 is 0 Å². The van der Waals surface area contributed by atoms with Crippen molar-refractivity contribution < 1.29 is 33.3 Å². The molecular weight excluding hydrogens is 404 g/mol. The molecule has 2 amide bonds. The molecule has 0 atom stereocenters. The molecule has 31 heavy (non-hydrogen) atoms. The summed E-state index contributed by atoms with van der Waals surface area (Å²) >= 11 is 0. The number of ether oxygens (including phenoxy) is 4. The summed E-state index contributed by atoms with van der Waals surface area (Å²) in [5.41, 5.74) is 1.40. The van der Waals surface area contributed by atoms with Gasteiger partial charge in [0.05, 0.1) is 27.0 Å². The Morgan fingerprint density at radius 1 is 1.06 bits per heavy atom. The number of hydrogen-bond donors (Lipinski definition) is 1. The SMILES string of the molecule is COc1cc(NC(=O)CCN2C(=O)COc3ccc(C(C)=O)cc32)cc(OC)c1OC. The number of carbonyl (C=O) groups is 3. The van der Waals surface area contributed by atoms with Crippen LogP contribution in [-0.4, -0.2) is 52.1 Å². The second kappa shape index (κ2) is 9.38. The van der Waals surface area contributed by atoms with Crippen molar-refractivity contribution in [1.82, 2.24) is 0 Å². The normalized spacial score (nSPS) is 12.5. The van der Waals surface area contributed by atoms with E-state index in [1.807, 2.05) is 0 Å². The number of ketones is 1. The molecule has 1 aliphatic rings. The summed E-state index contributed by atoms with van der Waals surface area (Å²) < 4.78 is 21.3. The number of anilines is 2. The molecule has 1 N–H and O–H groups in total. The van der Waals surface area contributed by atoms with Gasteiger partial charge in [-0.05, 0) is 25.1 Å². The molecule has 0 radical (unpaired) electrons. The molecule has 9 heteroatoms. The average Bonchev–Trinajstić information content (AvgIpc) is 2.77. The predicted molar refractivity (Wildman–Crippen MR) is 114 cm³/mol. The fraction of sp³-hybridized carbons (Fsp3) is 0.318. The van der Waals surface area contributed by atoms with E-state index in [0.717, 1.165) is 0 Å². The van der Waals surface area contributed by atoms with Gasteiger partial charge in [0, 0.05) is 36.3 Å². The number of methoxy groups -OCH3 is 3. The number of fused-ring (bicyclic) bond motifs is 1. The van der Waals surface area contributed by atoms with Crippen LogP contribution in [0, 0.1) is 0 Å². The molecule has 0 spiro atoms. The van der Waals surface area contributed by atoms with Gasteiger partial charge in [-0.2, -0.15) is 0 Å². The standard InChI is InChI=1S/C22H24N2O7/c1-13(25)14-5-6-17-16(9-14)24(21(27)12-31-17)8-7-20(26)23-15-10-18(28-2)22(30-4)19(11-15)29-3/h5-6,9-11H,7-8,12H2,1-4H3,(H,23,26). The number of nitrogens with zero attached hydrogens (tertiary/aromatic N) is 1. The number of carbonyl (C=O) groups excluding carboxylic acids is 3. The minimum Gasteiger partial charge on any atom is -0.493 e. The molecule has 0 fully saturated rings. The quantitative estimate of drug-likeness (QED) is 0.645. The molecule has 9 nitrogen and oxygen atoms in total. The van der Waals surface area contributed by atoms with Crippen molar-refractivity contribution >= 4 is 29.0 Å². The minimum absolute atomic E-state index is 0.0339.